The third-order valence-corrected chi connectivity index (χ3v) is 1.97. The van der Waals surface area contributed by atoms with Gasteiger partial charge in [0, 0.05) is 0 Å². The summed E-state index contributed by atoms with van der Waals surface area (Å²) in [6.07, 6.45) is 5.68. The Bertz CT molecular complexity index is 57.7. The van der Waals surface area contributed by atoms with Gasteiger partial charge >= 0.3 is 0 Å². The fourth-order valence-electron chi connectivity index (χ4n) is 1.54. The van der Waals surface area contributed by atoms with Crippen molar-refractivity contribution in [1.29, 1.82) is 0 Å². The molecule has 0 aromatic rings. The predicted octanol–water partition coefficient (Wildman–Crippen LogP) is 2.79. The van der Waals surface area contributed by atoms with Gasteiger partial charge in [-0.2, -0.15) is 0 Å². The Labute approximate surface area is 52.3 Å². The van der Waals surface area contributed by atoms with E-state index in [-0.39, 0.29) is 0 Å². The zero-order valence-electron chi connectivity index (χ0n) is 5.91. The first kappa shape index (κ1) is 6.12. The van der Waals surface area contributed by atoms with Crippen LogP contribution in [0.5, 0.6) is 0 Å². The molecule has 0 aromatic heterocycles. The number of hydrogen-bond acceptors (Lipinski definition) is 0. The van der Waals surface area contributed by atoms with E-state index >= 15 is 0 Å². The average molecular weight is 111 g/mol. The van der Waals surface area contributed by atoms with Gasteiger partial charge in [0.1, 0.15) is 0 Å². The van der Waals surface area contributed by atoms with E-state index in [9.17, 15) is 0 Å². The number of hydrogen-bond donors (Lipinski definition) is 0. The van der Waals surface area contributed by atoms with Crippen molar-refractivity contribution in [1.82, 2.24) is 0 Å². The van der Waals surface area contributed by atoms with E-state index in [1.807, 2.05) is 0 Å². The topological polar surface area (TPSA) is 0 Å². The Morgan fingerprint density at radius 2 is 2.12 bits per heavy atom. The summed E-state index contributed by atoms with van der Waals surface area (Å²) in [6.45, 7) is 4.54. The molecule has 1 aliphatic rings. The fraction of sp³-hybridized carbons (Fsp3) is 0.875. The highest BCUT2D eigenvalue weighted by molar-refractivity contribution is 4.98. The van der Waals surface area contributed by atoms with Gasteiger partial charge in [0.15, 0.2) is 0 Å². The van der Waals surface area contributed by atoms with Crippen molar-refractivity contribution < 1.29 is 0 Å². The van der Waals surface area contributed by atoms with E-state index in [2.05, 4.69) is 13.8 Å². The maximum absolute atomic E-state index is 2.27. The second-order valence-electron chi connectivity index (χ2n) is 3.02. The lowest BCUT2D eigenvalue weighted by molar-refractivity contribution is 0.332. The van der Waals surface area contributed by atoms with Crippen LogP contribution in [-0.2, 0) is 0 Å². The molecule has 0 saturated heterocycles. The number of rotatable bonds is 2. The molecule has 47 valence electrons. The second kappa shape index (κ2) is 2.52. The highest BCUT2D eigenvalue weighted by atomic mass is 14.3. The van der Waals surface area contributed by atoms with Crippen LogP contribution in [0.1, 0.15) is 39.5 Å². The molecule has 0 heteroatoms. The summed E-state index contributed by atoms with van der Waals surface area (Å²) in [4.78, 5) is 0. The third kappa shape index (κ3) is 1.24. The van der Waals surface area contributed by atoms with Gasteiger partial charge in [-0.05, 0) is 24.7 Å². The van der Waals surface area contributed by atoms with Crippen molar-refractivity contribution in [3.8, 4) is 0 Å². The van der Waals surface area contributed by atoms with Gasteiger partial charge < -0.3 is 0 Å². The Kier molecular flexibility index (Phi) is 1.93. The van der Waals surface area contributed by atoms with Crippen molar-refractivity contribution in [2.45, 2.75) is 39.5 Å². The molecule has 0 atom stereocenters. The molecule has 0 aromatic carbocycles. The summed E-state index contributed by atoms with van der Waals surface area (Å²) in [7, 11) is 0. The highest BCUT2D eigenvalue weighted by Gasteiger charge is 2.23. The van der Waals surface area contributed by atoms with E-state index in [1.165, 1.54) is 25.7 Å². The first-order valence-corrected chi connectivity index (χ1v) is 3.64. The largest absolute Gasteiger partial charge is 0.0654 e. The van der Waals surface area contributed by atoms with Gasteiger partial charge in [0.05, 0.1) is 0 Å². The van der Waals surface area contributed by atoms with Crippen LogP contribution in [0.3, 0.4) is 0 Å². The van der Waals surface area contributed by atoms with Crippen LogP contribution in [-0.4, -0.2) is 0 Å². The molecule has 0 unspecified atom stereocenters. The smallest absolute Gasteiger partial charge is 0.0266 e. The van der Waals surface area contributed by atoms with Gasteiger partial charge in [-0.25, -0.2) is 0 Å². The van der Waals surface area contributed by atoms with E-state index in [0.717, 1.165) is 5.92 Å². The maximum atomic E-state index is 2.27. The first-order valence-electron chi connectivity index (χ1n) is 3.64. The molecule has 0 nitrogen and oxygen atoms in total. The quantitative estimate of drug-likeness (QED) is 0.514. The van der Waals surface area contributed by atoms with Crippen LogP contribution in [0.25, 0.3) is 0 Å². The minimum Gasteiger partial charge on any atom is -0.0654 e. The zero-order chi connectivity index (χ0) is 5.98. The lowest BCUT2D eigenvalue weighted by Gasteiger charge is -2.31. The second-order valence-corrected chi connectivity index (χ2v) is 3.02. The normalized spacial score (nSPS) is 23.2. The van der Waals surface area contributed by atoms with E-state index < -0.39 is 0 Å². The zero-order valence-corrected chi connectivity index (χ0v) is 5.91. The van der Waals surface area contributed by atoms with E-state index in [1.54, 1.807) is 5.92 Å². The van der Waals surface area contributed by atoms with E-state index in [0.29, 0.717) is 0 Å². The minimum atomic E-state index is 1.07. The molecule has 0 aliphatic heterocycles. The summed E-state index contributed by atoms with van der Waals surface area (Å²) in [5.41, 5.74) is 0. The summed E-state index contributed by atoms with van der Waals surface area (Å²) >= 11 is 0. The molecule has 1 radical (unpaired) electrons. The molecule has 0 N–H and O–H groups in total. The molecular formula is C8H15. The molecule has 0 amide bonds. The summed E-state index contributed by atoms with van der Waals surface area (Å²) < 4.78 is 0. The van der Waals surface area contributed by atoms with Crippen molar-refractivity contribution in [3.05, 3.63) is 5.92 Å². The van der Waals surface area contributed by atoms with Crippen LogP contribution < -0.4 is 0 Å². The predicted molar refractivity (Wildman–Crippen MR) is 36.5 cm³/mol. The Morgan fingerprint density at radius 1 is 1.50 bits per heavy atom. The summed E-state index contributed by atoms with van der Waals surface area (Å²) in [5, 5.41) is 0. The van der Waals surface area contributed by atoms with Crippen LogP contribution in [0, 0.1) is 11.8 Å². The Balaban J connectivity index is 1.98. The first-order chi connectivity index (χ1) is 3.83. The van der Waals surface area contributed by atoms with Crippen molar-refractivity contribution in [3.63, 3.8) is 0 Å². The Hall–Kier alpha value is 0. The van der Waals surface area contributed by atoms with Crippen LogP contribution >= 0.6 is 0 Å². The van der Waals surface area contributed by atoms with Crippen molar-refractivity contribution in [2.24, 2.45) is 5.92 Å². The van der Waals surface area contributed by atoms with E-state index in [4.69, 9.17) is 0 Å². The lowest BCUT2D eigenvalue weighted by Crippen LogP contribution is -2.18. The molecule has 1 rings (SSSR count). The molecule has 0 heterocycles. The molecule has 1 fully saturated rings. The van der Waals surface area contributed by atoms with Crippen LogP contribution in [0.2, 0.25) is 0 Å². The van der Waals surface area contributed by atoms with Gasteiger partial charge in [-0.1, -0.05) is 26.7 Å². The van der Waals surface area contributed by atoms with Crippen LogP contribution in [0.4, 0.5) is 0 Å². The summed E-state index contributed by atoms with van der Waals surface area (Å²) in [5.74, 6) is 2.78. The Morgan fingerprint density at radius 3 is 2.50 bits per heavy atom. The van der Waals surface area contributed by atoms with Crippen molar-refractivity contribution in [2.75, 3.05) is 0 Å². The minimum absolute atomic E-state index is 1.07. The molecule has 0 bridgehead atoms. The van der Waals surface area contributed by atoms with Crippen molar-refractivity contribution >= 4 is 0 Å². The van der Waals surface area contributed by atoms with Gasteiger partial charge in [-0.3, -0.25) is 0 Å². The van der Waals surface area contributed by atoms with Crippen LogP contribution in [0.15, 0.2) is 0 Å². The lowest BCUT2D eigenvalue weighted by atomic mass is 9.74. The molecule has 0 spiro atoms. The maximum Gasteiger partial charge on any atom is -0.0266 e. The molecule has 8 heavy (non-hydrogen) atoms. The van der Waals surface area contributed by atoms with Gasteiger partial charge in [-0.15, -0.1) is 0 Å². The fourth-order valence-corrected chi connectivity index (χ4v) is 1.54. The monoisotopic (exact) mass is 111 g/mol. The highest BCUT2D eigenvalue weighted by Crippen LogP contribution is 2.37. The molecule has 1 saturated carbocycles. The third-order valence-electron chi connectivity index (χ3n) is 1.97. The molecule has 1 aliphatic carbocycles. The standard InChI is InChI=1S/C8H15/c1-3-4-8-5-7(2)6-8/h8H,3-6H2,1-2H3. The average Bonchev–Trinajstić information content (AvgIpc) is 1.64. The van der Waals surface area contributed by atoms with Gasteiger partial charge in [0.25, 0.3) is 0 Å². The summed E-state index contributed by atoms with van der Waals surface area (Å²) in [6, 6.07) is 0. The molecular weight excluding hydrogens is 96.1 g/mol. The SMILES string of the molecule is CCCC1C[C](C)C1. The van der Waals surface area contributed by atoms with Gasteiger partial charge in [0.2, 0.25) is 0 Å².